The average molecular weight is 703 g/mol. The van der Waals surface area contributed by atoms with Crippen molar-refractivity contribution in [1.29, 1.82) is 21.0 Å². The molecule has 0 heterocycles. The number of rotatable bonds is 6. The number of hydrogen-bond acceptors (Lipinski definition) is 6. The monoisotopic (exact) mass is 702 g/mol. The van der Waals surface area contributed by atoms with E-state index in [0.717, 1.165) is 32.7 Å². The van der Waals surface area contributed by atoms with E-state index in [0.29, 0.717) is 34.1 Å². The highest BCUT2D eigenvalue weighted by molar-refractivity contribution is 5.92. The molecule has 8 aromatic rings. The van der Waals surface area contributed by atoms with Gasteiger partial charge >= 0.3 is 0 Å². The maximum atomic E-state index is 9.49. The van der Waals surface area contributed by atoms with Crippen LogP contribution in [-0.4, -0.2) is 0 Å². The van der Waals surface area contributed by atoms with Gasteiger partial charge in [0, 0.05) is 0 Å². The molecule has 0 radical (unpaired) electrons. The molecule has 1 aliphatic rings. The molecular formula is C49H26N4O2. The Bertz CT molecular complexity index is 2860. The van der Waals surface area contributed by atoms with E-state index in [2.05, 4.69) is 109 Å². The van der Waals surface area contributed by atoms with Crippen LogP contribution in [0.4, 0.5) is 0 Å². The third kappa shape index (κ3) is 5.39. The Labute approximate surface area is 317 Å². The molecule has 0 unspecified atom stereocenters. The topological polar surface area (TPSA) is 114 Å². The first kappa shape index (κ1) is 32.7. The minimum Gasteiger partial charge on any atom is -0.457 e. The van der Waals surface area contributed by atoms with Gasteiger partial charge in [-0.2, -0.15) is 21.0 Å². The first-order valence-corrected chi connectivity index (χ1v) is 17.5. The second-order valence-electron chi connectivity index (χ2n) is 13.4. The van der Waals surface area contributed by atoms with Crippen molar-refractivity contribution in [1.82, 2.24) is 0 Å². The van der Waals surface area contributed by atoms with Crippen LogP contribution in [0.25, 0.3) is 32.7 Å². The van der Waals surface area contributed by atoms with E-state index < -0.39 is 5.41 Å². The molecule has 0 saturated heterocycles. The molecule has 0 aromatic heterocycles. The molecule has 0 saturated carbocycles. The molecule has 0 bridgehead atoms. The van der Waals surface area contributed by atoms with Crippen LogP contribution in [0.2, 0.25) is 0 Å². The predicted octanol–water partition coefficient (Wildman–Crippen LogP) is 11.4. The Hall–Kier alpha value is -8.16. The van der Waals surface area contributed by atoms with E-state index in [4.69, 9.17) is 9.47 Å². The van der Waals surface area contributed by atoms with Crippen molar-refractivity contribution >= 4 is 21.5 Å². The fraction of sp³-hybridized carbons (Fsp3) is 0.0204. The van der Waals surface area contributed by atoms with Gasteiger partial charge in [-0.25, -0.2) is 0 Å². The standard InChI is InChI=1S/C49H26N4O2/c50-27-35-13-19-43(25-37(35)29-52)54-41-17-11-31-21-39(15-9-33(31)23-41)49(47-7-3-1-5-45(47)46-6-2-4-8-48(46)49)40-16-10-34-24-42(18-12-32(34)22-40)55-44-20-14-36(28-51)38(26-44)30-53/h1-26H. The Balaban J connectivity index is 1.14. The van der Waals surface area contributed by atoms with Gasteiger partial charge in [-0.05, 0) is 128 Å². The summed E-state index contributed by atoms with van der Waals surface area (Å²) in [6, 6.07) is 60.4. The largest absolute Gasteiger partial charge is 0.457 e. The maximum Gasteiger partial charge on any atom is 0.128 e. The zero-order chi connectivity index (χ0) is 37.5. The zero-order valence-electron chi connectivity index (χ0n) is 29.1. The number of hydrogen-bond donors (Lipinski definition) is 0. The summed E-state index contributed by atoms with van der Waals surface area (Å²) in [6.07, 6.45) is 0. The normalized spacial score (nSPS) is 12.1. The van der Waals surface area contributed by atoms with Crippen molar-refractivity contribution in [3.63, 3.8) is 0 Å². The second-order valence-corrected chi connectivity index (χ2v) is 13.4. The van der Waals surface area contributed by atoms with Gasteiger partial charge in [0.15, 0.2) is 0 Å². The fourth-order valence-electron chi connectivity index (χ4n) is 7.89. The summed E-state index contributed by atoms with van der Waals surface area (Å²) in [4.78, 5) is 0. The molecule has 0 amide bonds. The Kier molecular flexibility index (Phi) is 7.80. The lowest BCUT2D eigenvalue weighted by Gasteiger charge is -2.34. The summed E-state index contributed by atoms with van der Waals surface area (Å²) in [5.74, 6) is 2.23. The van der Waals surface area contributed by atoms with Crippen molar-refractivity contribution < 1.29 is 9.47 Å². The fourth-order valence-corrected chi connectivity index (χ4v) is 7.89. The van der Waals surface area contributed by atoms with Gasteiger partial charge < -0.3 is 9.47 Å². The predicted molar refractivity (Wildman–Crippen MR) is 211 cm³/mol. The molecule has 55 heavy (non-hydrogen) atoms. The van der Waals surface area contributed by atoms with Crippen LogP contribution >= 0.6 is 0 Å². The van der Waals surface area contributed by atoms with Crippen LogP contribution in [0.5, 0.6) is 23.0 Å². The molecule has 6 nitrogen and oxygen atoms in total. The third-order valence-electron chi connectivity index (χ3n) is 10.4. The molecule has 0 N–H and O–H groups in total. The van der Waals surface area contributed by atoms with Crippen molar-refractivity contribution in [2.45, 2.75) is 5.41 Å². The summed E-state index contributed by atoms with van der Waals surface area (Å²) >= 11 is 0. The number of benzene rings is 8. The third-order valence-corrected chi connectivity index (χ3v) is 10.4. The maximum absolute atomic E-state index is 9.49. The lowest BCUT2D eigenvalue weighted by Crippen LogP contribution is -2.28. The summed E-state index contributed by atoms with van der Waals surface area (Å²) in [6.45, 7) is 0. The molecular weight excluding hydrogens is 677 g/mol. The molecule has 0 fully saturated rings. The van der Waals surface area contributed by atoms with Gasteiger partial charge in [0.05, 0.1) is 27.7 Å². The highest BCUT2D eigenvalue weighted by Crippen LogP contribution is 2.56. The summed E-state index contributed by atoms with van der Waals surface area (Å²) < 4.78 is 12.3. The lowest BCUT2D eigenvalue weighted by molar-refractivity contribution is 0.483. The van der Waals surface area contributed by atoms with Crippen LogP contribution in [0, 0.1) is 45.3 Å². The Morgan fingerprint density at radius 2 is 0.709 bits per heavy atom. The van der Waals surface area contributed by atoms with E-state index in [-0.39, 0.29) is 11.1 Å². The summed E-state index contributed by atoms with van der Waals surface area (Å²) in [5, 5.41) is 41.7. The Morgan fingerprint density at radius 1 is 0.345 bits per heavy atom. The molecule has 0 aliphatic heterocycles. The van der Waals surface area contributed by atoms with Gasteiger partial charge in [0.2, 0.25) is 0 Å². The molecule has 6 heteroatoms. The number of nitriles is 4. The van der Waals surface area contributed by atoms with Crippen molar-refractivity contribution in [2.75, 3.05) is 0 Å². The van der Waals surface area contributed by atoms with Crippen LogP contribution in [0.3, 0.4) is 0 Å². The van der Waals surface area contributed by atoms with Crippen molar-refractivity contribution in [3.05, 3.63) is 202 Å². The van der Waals surface area contributed by atoms with Crippen LogP contribution in [0.1, 0.15) is 44.5 Å². The summed E-state index contributed by atoms with van der Waals surface area (Å²) in [5.41, 5.74) is 7.62. The van der Waals surface area contributed by atoms with Gasteiger partial charge in [0.1, 0.15) is 47.3 Å². The number of nitrogens with zero attached hydrogens (tertiary/aromatic N) is 4. The minimum absolute atomic E-state index is 0.272. The smallest absolute Gasteiger partial charge is 0.128 e. The first-order chi connectivity index (χ1) is 27.0. The Morgan fingerprint density at radius 3 is 1.15 bits per heavy atom. The quantitative estimate of drug-likeness (QED) is 0.170. The molecule has 1 aliphatic carbocycles. The van der Waals surface area contributed by atoms with Gasteiger partial charge in [-0.15, -0.1) is 0 Å². The molecule has 254 valence electrons. The van der Waals surface area contributed by atoms with Crippen molar-refractivity contribution in [3.8, 4) is 58.4 Å². The average Bonchev–Trinajstić information content (AvgIpc) is 3.54. The highest BCUT2D eigenvalue weighted by Gasteiger charge is 2.46. The lowest BCUT2D eigenvalue weighted by atomic mass is 9.67. The van der Waals surface area contributed by atoms with E-state index in [1.165, 1.54) is 22.3 Å². The van der Waals surface area contributed by atoms with Crippen molar-refractivity contribution in [2.24, 2.45) is 0 Å². The minimum atomic E-state index is -0.619. The molecule has 0 spiro atoms. The molecule has 9 rings (SSSR count). The van der Waals surface area contributed by atoms with Gasteiger partial charge in [0.25, 0.3) is 0 Å². The molecule has 0 atom stereocenters. The van der Waals surface area contributed by atoms with E-state index in [1.807, 2.05) is 36.4 Å². The van der Waals surface area contributed by atoms with Crippen LogP contribution < -0.4 is 9.47 Å². The van der Waals surface area contributed by atoms with Crippen LogP contribution in [-0.2, 0) is 5.41 Å². The molecule has 8 aromatic carbocycles. The first-order valence-electron chi connectivity index (χ1n) is 17.5. The van der Waals surface area contributed by atoms with E-state index in [1.54, 1.807) is 36.4 Å². The number of ether oxygens (including phenoxy) is 2. The van der Waals surface area contributed by atoms with Crippen LogP contribution in [0.15, 0.2) is 158 Å². The second kappa shape index (κ2) is 13.1. The van der Waals surface area contributed by atoms with E-state index in [9.17, 15) is 21.0 Å². The van der Waals surface area contributed by atoms with E-state index >= 15 is 0 Å². The van der Waals surface area contributed by atoms with Gasteiger partial charge in [-0.3, -0.25) is 0 Å². The highest BCUT2D eigenvalue weighted by atomic mass is 16.5. The number of fused-ring (bicyclic) bond motifs is 5. The van der Waals surface area contributed by atoms with Gasteiger partial charge in [-0.1, -0.05) is 84.9 Å². The zero-order valence-corrected chi connectivity index (χ0v) is 29.1. The SMILES string of the molecule is N#Cc1ccc(Oc2ccc3cc(C4(c5ccc6cc(Oc7ccc(C#N)c(C#N)c7)ccc6c5)c5ccccc5-c5ccccc54)ccc3c2)cc1C#N. The summed E-state index contributed by atoms with van der Waals surface area (Å²) in [7, 11) is 0.